The number of fused-ring (bicyclic) bond motifs is 5. The van der Waals surface area contributed by atoms with Crippen molar-refractivity contribution in [1.29, 1.82) is 0 Å². The summed E-state index contributed by atoms with van der Waals surface area (Å²) in [6.07, 6.45) is -1.15. The lowest BCUT2D eigenvalue weighted by Crippen LogP contribution is -2.44. The van der Waals surface area contributed by atoms with Gasteiger partial charge in [-0.05, 0) is 75.8 Å². The summed E-state index contributed by atoms with van der Waals surface area (Å²) in [4.78, 5) is 19.3. The van der Waals surface area contributed by atoms with Crippen LogP contribution in [0.3, 0.4) is 0 Å². The summed E-state index contributed by atoms with van der Waals surface area (Å²) in [6, 6.07) is 1.40. The van der Waals surface area contributed by atoms with Gasteiger partial charge in [-0.2, -0.15) is 0 Å². The number of rotatable bonds is 3. The highest BCUT2D eigenvalue weighted by atomic mass is 19.4. The fourth-order valence-corrected chi connectivity index (χ4v) is 7.43. The van der Waals surface area contributed by atoms with Crippen LogP contribution in [0.5, 0.6) is 5.75 Å². The molecule has 0 bridgehead atoms. The number of anilines is 1. The van der Waals surface area contributed by atoms with Gasteiger partial charge in [-0.25, -0.2) is 13.6 Å². The minimum Gasteiger partial charge on any atom is -0.444 e. The van der Waals surface area contributed by atoms with Crippen molar-refractivity contribution in [3.05, 3.63) is 41.2 Å². The van der Waals surface area contributed by atoms with Crippen LogP contribution < -0.4 is 10.5 Å². The number of aromatic nitrogens is 2. The van der Waals surface area contributed by atoms with Crippen LogP contribution in [-0.2, 0) is 20.8 Å². The maximum absolute atomic E-state index is 16.9. The Labute approximate surface area is 268 Å². The monoisotopic (exact) mass is 664 g/mol. The highest BCUT2D eigenvalue weighted by molar-refractivity contribution is 5.91. The first kappa shape index (κ1) is 31.9. The number of alkyl halides is 3. The van der Waals surface area contributed by atoms with Gasteiger partial charge in [0.1, 0.15) is 11.3 Å². The van der Waals surface area contributed by atoms with Gasteiger partial charge in [-0.3, -0.25) is 4.98 Å². The number of nitrogens with zero attached hydrogens (tertiary/aromatic N) is 3. The van der Waals surface area contributed by atoms with Crippen molar-refractivity contribution in [3.63, 3.8) is 0 Å². The van der Waals surface area contributed by atoms with E-state index in [-0.39, 0.29) is 47.6 Å². The lowest BCUT2D eigenvalue weighted by atomic mass is 10.00. The van der Waals surface area contributed by atoms with Crippen molar-refractivity contribution >= 4 is 22.7 Å². The van der Waals surface area contributed by atoms with Crippen LogP contribution in [0.4, 0.5) is 32.4 Å². The molecule has 0 spiro atoms. The van der Waals surface area contributed by atoms with Crippen molar-refractivity contribution in [2.75, 3.05) is 32.1 Å². The van der Waals surface area contributed by atoms with Crippen LogP contribution in [0.15, 0.2) is 18.3 Å². The van der Waals surface area contributed by atoms with Crippen LogP contribution in [0, 0.1) is 23.5 Å². The molecule has 2 saturated carbocycles. The molecule has 2 aromatic heterocycles. The van der Waals surface area contributed by atoms with Gasteiger partial charge in [-0.1, -0.05) is 0 Å². The van der Waals surface area contributed by atoms with Crippen molar-refractivity contribution < 1.29 is 45.7 Å². The number of carbonyl (C=O) groups is 1. The van der Waals surface area contributed by atoms with Gasteiger partial charge in [-0.15, -0.1) is 13.2 Å². The molecule has 0 unspecified atom stereocenters. The first-order chi connectivity index (χ1) is 22.2. The van der Waals surface area contributed by atoms with Crippen LogP contribution >= 0.6 is 0 Å². The molecular weight excluding hydrogens is 627 g/mol. The van der Waals surface area contributed by atoms with Crippen molar-refractivity contribution in [2.45, 2.75) is 83.0 Å². The van der Waals surface area contributed by atoms with E-state index in [1.807, 2.05) is 25.3 Å². The Morgan fingerprint density at radius 1 is 1.09 bits per heavy atom. The number of hydrogen-bond acceptors (Lipinski definition) is 7. The maximum Gasteiger partial charge on any atom is 0.573 e. The van der Waals surface area contributed by atoms with E-state index in [2.05, 4.69) is 9.72 Å². The number of likely N-dealkylation sites (tertiary alicyclic amines) is 1. The van der Waals surface area contributed by atoms with Crippen LogP contribution in [0.2, 0.25) is 0 Å². The molecule has 254 valence electrons. The summed E-state index contributed by atoms with van der Waals surface area (Å²) >= 11 is 0. The zero-order valence-corrected chi connectivity index (χ0v) is 26.3. The lowest BCUT2D eigenvalue weighted by molar-refractivity contribution is -0.275. The zero-order valence-electron chi connectivity index (χ0n) is 26.3. The fraction of sp³-hybridized carbons (Fsp3) is 0.576. The number of benzene rings is 1. The number of ether oxygens (including phenoxy) is 4. The number of hydrogen-bond donors (Lipinski definition) is 1. The summed E-state index contributed by atoms with van der Waals surface area (Å²) in [6.45, 7) is 7.38. The molecule has 0 radical (unpaired) electrons. The molecule has 1 aromatic carbocycles. The molecule has 7 rings (SSSR count). The number of pyridine rings is 1. The van der Waals surface area contributed by atoms with E-state index in [0.29, 0.717) is 37.8 Å². The third kappa shape index (κ3) is 5.98. The largest absolute Gasteiger partial charge is 0.573 e. The fourth-order valence-electron chi connectivity index (χ4n) is 7.43. The topological polar surface area (TPSA) is 101 Å². The van der Waals surface area contributed by atoms with Gasteiger partial charge in [0.15, 0.2) is 17.4 Å². The predicted octanol–water partition coefficient (Wildman–Crippen LogP) is 7.07. The first-order valence-corrected chi connectivity index (χ1v) is 15.9. The number of nitrogens with two attached hydrogens (primary N) is 1. The summed E-state index contributed by atoms with van der Waals surface area (Å²) < 4.78 is 95.4. The Morgan fingerprint density at radius 2 is 1.81 bits per heavy atom. The Balaban J connectivity index is 1.36. The molecule has 4 heterocycles. The molecule has 3 fully saturated rings. The Morgan fingerprint density at radius 3 is 2.49 bits per heavy atom. The van der Waals surface area contributed by atoms with E-state index in [9.17, 15) is 22.4 Å². The third-order valence-corrected chi connectivity index (χ3v) is 9.37. The number of amides is 1. The lowest BCUT2D eigenvalue weighted by Gasteiger charge is -2.31. The molecule has 4 aliphatic rings. The molecule has 4 atom stereocenters. The van der Waals surface area contributed by atoms with Crippen LogP contribution in [0.1, 0.15) is 69.7 Å². The molecule has 2 N–H and O–H groups in total. The normalized spacial score (nSPS) is 25.0. The molecule has 1 amide bonds. The molecule has 14 heteroatoms. The smallest absolute Gasteiger partial charge is 0.444 e. The molecular formula is C33H37F5N4O5. The van der Waals surface area contributed by atoms with Gasteiger partial charge < -0.3 is 34.1 Å². The van der Waals surface area contributed by atoms with E-state index >= 15 is 4.39 Å². The van der Waals surface area contributed by atoms with E-state index < -0.39 is 46.7 Å². The molecule has 47 heavy (non-hydrogen) atoms. The standard InChI is InChI=1S/C33H37F5N4O5/c1-32(2,3)47-31(43)41-13-20-25-22(41)14-44-8-4-5-9-45-15-23-24(26(20)25)19-12-40-28(27(35)29(19)42(23)17-6-7-17)18-10-16(39)11-21(34)30(18)46-33(36,37)38/h10-12,17,20,22,25-26H,4-9,13-15,39H2,1-3H3/t20-,22+,25-,26-/m0/s1. The highest BCUT2D eigenvalue weighted by Gasteiger charge is 2.64. The predicted molar refractivity (Wildman–Crippen MR) is 161 cm³/mol. The van der Waals surface area contributed by atoms with Crippen molar-refractivity contribution in [1.82, 2.24) is 14.5 Å². The van der Waals surface area contributed by atoms with E-state index in [4.69, 9.17) is 19.9 Å². The van der Waals surface area contributed by atoms with Crippen molar-refractivity contribution in [3.8, 4) is 17.0 Å². The second-order valence-electron chi connectivity index (χ2n) is 13.9. The minimum atomic E-state index is -5.24. The molecule has 1 saturated heterocycles. The molecule has 2 aliphatic heterocycles. The number of nitrogen functional groups attached to an aromatic ring is 1. The van der Waals surface area contributed by atoms with Gasteiger partial charge in [0.05, 0.1) is 30.3 Å². The van der Waals surface area contributed by atoms with Gasteiger partial charge >= 0.3 is 12.5 Å². The minimum absolute atomic E-state index is 0.0119. The molecule has 3 aromatic rings. The Kier molecular flexibility index (Phi) is 7.81. The number of piperidine rings is 1. The molecule has 2 aliphatic carbocycles. The van der Waals surface area contributed by atoms with E-state index in [1.54, 1.807) is 4.90 Å². The van der Waals surface area contributed by atoms with Gasteiger partial charge in [0.2, 0.25) is 0 Å². The second kappa shape index (κ2) is 11.5. The quantitative estimate of drug-likeness (QED) is 0.236. The maximum atomic E-state index is 16.9. The van der Waals surface area contributed by atoms with E-state index in [1.165, 1.54) is 6.20 Å². The van der Waals surface area contributed by atoms with Gasteiger partial charge in [0.25, 0.3) is 0 Å². The average Bonchev–Trinajstić information content (AvgIpc) is 3.86. The zero-order chi connectivity index (χ0) is 33.4. The molecule has 9 nitrogen and oxygen atoms in total. The number of halogens is 5. The van der Waals surface area contributed by atoms with E-state index in [0.717, 1.165) is 43.0 Å². The average molecular weight is 665 g/mol. The van der Waals surface area contributed by atoms with Gasteiger partial charge in [0, 0.05) is 54.8 Å². The summed E-state index contributed by atoms with van der Waals surface area (Å²) in [5.41, 5.74) is 5.67. The summed E-state index contributed by atoms with van der Waals surface area (Å²) in [5.74, 6) is -3.50. The SMILES string of the molecule is CC(C)(C)OC(=O)N1C[C@@H]2[C@H]3c4c(n(C5CC5)c5c(F)c(-c6cc(N)cc(F)c6OC(F)(F)F)ncc45)COCCCCOC[C@@H]1[C@H]23. The van der Waals surface area contributed by atoms with Crippen molar-refractivity contribution in [2.24, 2.45) is 11.8 Å². The Bertz CT molecular complexity index is 1720. The second-order valence-corrected chi connectivity index (χ2v) is 13.9. The summed E-state index contributed by atoms with van der Waals surface area (Å²) in [5, 5.41) is 0.511. The highest BCUT2D eigenvalue weighted by Crippen LogP contribution is 2.64. The first-order valence-electron chi connectivity index (χ1n) is 15.9. The van der Waals surface area contributed by atoms with Crippen LogP contribution in [0.25, 0.3) is 22.2 Å². The third-order valence-electron chi connectivity index (χ3n) is 9.37. The summed E-state index contributed by atoms with van der Waals surface area (Å²) in [7, 11) is 0. The Hall–Kier alpha value is -3.65. The van der Waals surface area contributed by atoms with Crippen LogP contribution in [-0.4, -0.2) is 64.9 Å². The number of carbonyl (C=O) groups excluding carboxylic acids is 1.